The lowest BCUT2D eigenvalue weighted by atomic mass is 9.70. The first-order valence-corrected chi connectivity index (χ1v) is 13.6. The van der Waals surface area contributed by atoms with Crippen molar-refractivity contribution < 1.29 is 29.3 Å². The molecule has 1 aromatic carbocycles. The fourth-order valence-corrected chi connectivity index (χ4v) is 7.48. The third-order valence-corrected chi connectivity index (χ3v) is 8.80. The zero-order chi connectivity index (χ0) is 26.2. The second-order valence-corrected chi connectivity index (χ2v) is 11.4. The summed E-state index contributed by atoms with van der Waals surface area (Å²) >= 11 is 10.1. The summed E-state index contributed by atoms with van der Waals surface area (Å²) in [6.45, 7) is 6.24. The minimum Gasteiger partial charge on any atom is -0.481 e. The Morgan fingerprint density at radius 1 is 1.33 bits per heavy atom. The minimum absolute atomic E-state index is 0.102. The van der Waals surface area contributed by atoms with Crippen molar-refractivity contribution in [3.8, 4) is 0 Å². The molecule has 1 spiro atoms. The topological polar surface area (TPSA) is 107 Å². The number of amides is 2. The molecule has 3 saturated heterocycles. The van der Waals surface area contributed by atoms with E-state index in [1.165, 1.54) is 9.80 Å². The van der Waals surface area contributed by atoms with Gasteiger partial charge >= 0.3 is 5.97 Å². The van der Waals surface area contributed by atoms with E-state index in [-0.39, 0.29) is 29.8 Å². The number of unbranched alkanes of at least 4 members (excludes halogenated alkanes) is 3. The third-order valence-electron chi connectivity index (χ3n) is 7.65. The van der Waals surface area contributed by atoms with E-state index >= 15 is 0 Å². The number of rotatable bonds is 11. The number of aliphatic hydroxyl groups excluding tert-OH is 1. The van der Waals surface area contributed by atoms with Crippen LogP contribution in [0.3, 0.4) is 0 Å². The van der Waals surface area contributed by atoms with Crippen LogP contribution in [0.1, 0.15) is 37.7 Å². The normalized spacial score (nSPS) is 30.5. The maximum atomic E-state index is 14.4. The van der Waals surface area contributed by atoms with Crippen molar-refractivity contribution >= 4 is 51.0 Å². The molecular weight excluding hydrogens is 552 g/mol. The van der Waals surface area contributed by atoms with Gasteiger partial charge in [-0.25, -0.2) is 0 Å². The Balaban J connectivity index is 1.76. The second-order valence-electron chi connectivity index (χ2n) is 9.81. The van der Waals surface area contributed by atoms with Crippen LogP contribution in [0.25, 0.3) is 0 Å². The Kier molecular flexibility index (Phi) is 8.14. The lowest BCUT2D eigenvalue weighted by Gasteiger charge is -2.37. The number of halogens is 2. The highest BCUT2D eigenvalue weighted by atomic mass is 79.9. The molecular formula is C26H32BrClN2O6. The number of nitrogens with zero attached hydrogens (tertiary/aromatic N) is 2. The van der Waals surface area contributed by atoms with E-state index in [4.69, 9.17) is 21.4 Å². The van der Waals surface area contributed by atoms with Crippen LogP contribution in [0.5, 0.6) is 0 Å². The molecule has 1 aromatic rings. The monoisotopic (exact) mass is 582 g/mol. The molecule has 2 amide bonds. The molecule has 0 radical (unpaired) electrons. The summed E-state index contributed by atoms with van der Waals surface area (Å²) in [5, 5.41) is 19.5. The summed E-state index contributed by atoms with van der Waals surface area (Å²) in [6, 6.07) is 4.38. The van der Waals surface area contributed by atoms with Crippen molar-refractivity contribution in [3.05, 3.63) is 41.4 Å². The van der Waals surface area contributed by atoms with E-state index in [9.17, 15) is 19.5 Å². The van der Waals surface area contributed by atoms with Gasteiger partial charge in [-0.05, 0) is 37.8 Å². The van der Waals surface area contributed by atoms with E-state index in [1.807, 2.05) is 13.0 Å². The van der Waals surface area contributed by atoms with Gasteiger partial charge < -0.3 is 24.7 Å². The highest BCUT2D eigenvalue weighted by Gasteiger charge is 2.76. The zero-order valence-electron chi connectivity index (χ0n) is 20.2. The van der Waals surface area contributed by atoms with Crippen molar-refractivity contribution in [1.82, 2.24) is 4.90 Å². The Morgan fingerprint density at radius 2 is 2.06 bits per heavy atom. The molecule has 1 unspecified atom stereocenters. The Hall–Kier alpha value is -1.94. The highest BCUT2D eigenvalue weighted by Crippen LogP contribution is 2.60. The second kappa shape index (κ2) is 10.8. The third kappa shape index (κ3) is 4.38. The molecule has 0 saturated carbocycles. The molecule has 0 aromatic heterocycles. The lowest BCUT2D eigenvalue weighted by molar-refractivity contribution is -0.149. The van der Waals surface area contributed by atoms with E-state index in [0.29, 0.717) is 36.5 Å². The molecule has 2 N–H and O–H groups in total. The maximum Gasteiger partial charge on any atom is 0.310 e. The van der Waals surface area contributed by atoms with E-state index in [1.54, 1.807) is 18.2 Å². The highest BCUT2D eigenvalue weighted by molar-refractivity contribution is 9.09. The molecule has 10 heteroatoms. The number of carbonyl (C=O) groups is 3. The molecule has 36 heavy (non-hydrogen) atoms. The summed E-state index contributed by atoms with van der Waals surface area (Å²) in [4.78, 5) is 43.2. The number of aryl methyl sites for hydroxylation is 1. The van der Waals surface area contributed by atoms with Crippen LogP contribution >= 0.6 is 27.5 Å². The molecule has 3 fully saturated rings. The van der Waals surface area contributed by atoms with Crippen LogP contribution < -0.4 is 4.90 Å². The SMILES string of the molecule is C=CCN(C(=O)[C@@H]1N(CCCCCCO)C(=O)[C@H]2[C@H](C(=O)O)[C@H]3O[C@@]12CC3Br)c1c(C)cccc1Cl. The number of carboxylic acids is 1. The largest absolute Gasteiger partial charge is 0.481 e. The molecule has 6 atom stereocenters. The number of alkyl halides is 1. The molecule has 196 valence electrons. The number of hydrogen-bond donors (Lipinski definition) is 2. The van der Waals surface area contributed by atoms with Crippen molar-refractivity contribution in [3.63, 3.8) is 0 Å². The van der Waals surface area contributed by atoms with Crippen LogP contribution in [0.2, 0.25) is 5.02 Å². The number of anilines is 1. The maximum absolute atomic E-state index is 14.4. The average molecular weight is 584 g/mol. The van der Waals surface area contributed by atoms with Gasteiger partial charge in [0, 0.05) is 24.5 Å². The number of aliphatic carboxylic acids is 1. The van der Waals surface area contributed by atoms with Gasteiger partial charge in [0.1, 0.15) is 11.6 Å². The van der Waals surface area contributed by atoms with Gasteiger partial charge in [-0.3, -0.25) is 14.4 Å². The number of fused-ring (bicyclic) bond motifs is 1. The molecule has 3 aliphatic rings. The van der Waals surface area contributed by atoms with Gasteiger partial charge in [0.2, 0.25) is 5.91 Å². The number of likely N-dealkylation sites (tertiary alicyclic amines) is 1. The van der Waals surface area contributed by atoms with Crippen LogP contribution in [0.4, 0.5) is 5.69 Å². The number of para-hydroxylation sites is 1. The first-order valence-electron chi connectivity index (χ1n) is 12.3. The fourth-order valence-electron chi connectivity index (χ4n) is 6.21. The summed E-state index contributed by atoms with van der Waals surface area (Å²) in [5.74, 6) is -3.76. The van der Waals surface area contributed by atoms with Crippen LogP contribution in [0, 0.1) is 18.8 Å². The number of aliphatic hydroxyl groups is 1. The van der Waals surface area contributed by atoms with Crippen molar-refractivity contribution in [2.24, 2.45) is 11.8 Å². The Morgan fingerprint density at radius 3 is 2.69 bits per heavy atom. The molecule has 3 heterocycles. The first-order chi connectivity index (χ1) is 17.2. The van der Waals surface area contributed by atoms with Gasteiger partial charge in [0.15, 0.2) is 0 Å². The Bertz CT molecular complexity index is 1030. The molecule has 8 nitrogen and oxygen atoms in total. The first kappa shape index (κ1) is 27.1. The molecule has 0 aliphatic carbocycles. The van der Waals surface area contributed by atoms with E-state index in [2.05, 4.69) is 22.5 Å². The lowest BCUT2D eigenvalue weighted by Crippen LogP contribution is -2.57. The number of carbonyl (C=O) groups excluding carboxylic acids is 2. The number of hydrogen-bond acceptors (Lipinski definition) is 5. The zero-order valence-corrected chi connectivity index (χ0v) is 22.6. The quantitative estimate of drug-likeness (QED) is 0.234. The number of ether oxygens (including phenoxy) is 1. The molecule has 3 aliphatic heterocycles. The van der Waals surface area contributed by atoms with Crippen molar-refractivity contribution in [1.29, 1.82) is 0 Å². The predicted molar refractivity (Wildman–Crippen MR) is 139 cm³/mol. The summed E-state index contributed by atoms with van der Waals surface area (Å²) < 4.78 is 6.34. The van der Waals surface area contributed by atoms with Crippen LogP contribution in [0.15, 0.2) is 30.9 Å². The Labute approximate surface area is 224 Å². The average Bonchev–Trinajstić information content (AvgIpc) is 3.41. The van der Waals surface area contributed by atoms with Gasteiger partial charge in [-0.2, -0.15) is 0 Å². The minimum atomic E-state index is -1.24. The van der Waals surface area contributed by atoms with Crippen LogP contribution in [-0.4, -0.2) is 75.2 Å². The fraction of sp³-hybridized carbons (Fsp3) is 0.577. The molecule has 4 rings (SSSR count). The van der Waals surface area contributed by atoms with Crippen molar-refractivity contribution in [2.45, 2.75) is 61.6 Å². The van der Waals surface area contributed by atoms with E-state index in [0.717, 1.165) is 18.4 Å². The van der Waals surface area contributed by atoms with Gasteiger partial charge in [-0.15, -0.1) is 6.58 Å². The predicted octanol–water partition coefficient (Wildman–Crippen LogP) is 3.55. The van der Waals surface area contributed by atoms with Crippen molar-refractivity contribution in [2.75, 3.05) is 24.6 Å². The smallest absolute Gasteiger partial charge is 0.310 e. The standard InChI is InChI=1S/C26H32BrClN2O6/c1-3-11-29(20-15(2)9-8-10-17(20)28)24(33)22-26-14-16(27)21(36-26)18(25(34)35)19(26)23(32)30(22)12-6-4-5-7-13-31/h3,8-10,16,18-19,21-22,31H,1,4-7,11-14H2,2H3,(H,34,35)/t16?,18-,19+,21-,22-,26+/m0/s1. The van der Waals surface area contributed by atoms with Gasteiger partial charge in [0.05, 0.1) is 28.6 Å². The van der Waals surface area contributed by atoms with Crippen LogP contribution in [-0.2, 0) is 19.1 Å². The van der Waals surface area contributed by atoms with Gasteiger partial charge in [0.25, 0.3) is 5.91 Å². The summed E-state index contributed by atoms with van der Waals surface area (Å²) in [6.07, 6.45) is 4.14. The van der Waals surface area contributed by atoms with E-state index < -0.39 is 35.6 Å². The molecule has 2 bridgehead atoms. The summed E-state index contributed by atoms with van der Waals surface area (Å²) in [7, 11) is 0. The van der Waals surface area contributed by atoms with Gasteiger partial charge in [-0.1, -0.05) is 58.6 Å². The summed E-state index contributed by atoms with van der Waals surface area (Å²) in [5.41, 5.74) is 0.0949. The number of carboxylic acid groups (broad SMARTS) is 1. The number of benzene rings is 1.